The van der Waals surface area contributed by atoms with Gasteiger partial charge in [-0.05, 0) is 18.6 Å². The van der Waals surface area contributed by atoms with E-state index in [1.54, 1.807) is 0 Å². The summed E-state index contributed by atoms with van der Waals surface area (Å²) in [5.41, 5.74) is 1.98. The smallest absolute Gasteiger partial charge is 0.266 e. The van der Waals surface area contributed by atoms with Crippen LogP contribution in [0.4, 0.5) is 11.5 Å². The first kappa shape index (κ1) is 8.62. The number of benzene rings is 1. The molecule has 1 heterocycles. The Morgan fingerprint density at radius 3 is 2.64 bits per heavy atom. The molecule has 1 aromatic carbocycles. The molecule has 0 fully saturated rings. The van der Waals surface area contributed by atoms with Crippen LogP contribution in [0.15, 0.2) is 35.1 Å². The van der Waals surface area contributed by atoms with Crippen LogP contribution in [-0.2, 0) is 0 Å². The summed E-state index contributed by atoms with van der Waals surface area (Å²) >= 11 is 0. The van der Waals surface area contributed by atoms with E-state index < -0.39 is 0 Å². The van der Waals surface area contributed by atoms with E-state index in [1.165, 1.54) is 6.07 Å². The molecule has 14 heavy (non-hydrogen) atoms. The van der Waals surface area contributed by atoms with Gasteiger partial charge in [-0.15, -0.1) is 0 Å². The molecule has 0 atom stereocenters. The average molecular weight is 189 g/mol. The fraction of sp³-hybridized carbons (Fsp3) is 0.100. The number of hydrogen-bond donors (Lipinski definition) is 3. The SMILES string of the molecule is Cc1ccccc1Nc1cc(=O)[nH][nH]1. The van der Waals surface area contributed by atoms with Gasteiger partial charge in [0.05, 0.1) is 0 Å². The van der Waals surface area contributed by atoms with Crippen LogP contribution in [0.5, 0.6) is 0 Å². The zero-order valence-electron chi connectivity index (χ0n) is 7.79. The Balaban J connectivity index is 2.27. The van der Waals surface area contributed by atoms with Crippen molar-refractivity contribution < 1.29 is 0 Å². The molecule has 0 aliphatic carbocycles. The van der Waals surface area contributed by atoms with Crippen LogP contribution in [0.3, 0.4) is 0 Å². The van der Waals surface area contributed by atoms with Gasteiger partial charge < -0.3 is 5.32 Å². The minimum atomic E-state index is -0.138. The van der Waals surface area contributed by atoms with Gasteiger partial charge in [0.15, 0.2) is 0 Å². The molecule has 2 aromatic rings. The molecule has 4 heteroatoms. The van der Waals surface area contributed by atoms with Crippen molar-refractivity contribution in [2.75, 3.05) is 5.32 Å². The third kappa shape index (κ3) is 1.69. The Bertz CT molecular complexity index is 484. The number of aromatic amines is 2. The maximum absolute atomic E-state index is 10.8. The van der Waals surface area contributed by atoms with Gasteiger partial charge in [-0.3, -0.25) is 15.0 Å². The van der Waals surface area contributed by atoms with Gasteiger partial charge in [-0.25, -0.2) is 0 Å². The first-order valence-electron chi connectivity index (χ1n) is 4.36. The predicted octanol–water partition coefficient (Wildman–Crippen LogP) is 1.76. The predicted molar refractivity (Wildman–Crippen MR) is 55.9 cm³/mol. The van der Waals surface area contributed by atoms with E-state index in [0.29, 0.717) is 5.82 Å². The van der Waals surface area contributed by atoms with Crippen LogP contribution in [-0.4, -0.2) is 10.2 Å². The van der Waals surface area contributed by atoms with Gasteiger partial charge in [0.2, 0.25) is 0 Å². The van der Waals surface area contributed by atoms with Gasteiger partial charge in [0, 0.05) is 11.8 Å². The molecule has 0 aliphatic heterocycles. The molecule has 0 unspecified atom stereocenters. The van der Waals surface area contributed by atoms with Crippen molar-refractivity contribution in [3.05, 3.63) is 46.2 Å². The summed E-state index contributed by atoms with van der Waals surface area (Å²) in [7, 11) is 0. The standard InChI is InChI=1S/C10H11N3O/c1-7-4-2-3-5-8(7)11-9-6-10(14)13-12-9/h2-6H,1H3,(H3,11,12,13,14). The van der Waals surface area contributed by atoms with Crippen molar-refractivity contribution in [2.24, 2.45) is 0 Å². The monoisotopic (exact) mass is 189 g/mol. The Kier molecular flexibility index (Phi) is 2.10. The normalized spacial score (nSPS) is 10.1. The van der Waals surface area contributed by atoms with Crippen LogP contribution < -0.4 is 10.9 Å². The minimum Gasteiger partial charge on any atom is -0.340 e. The van der Waals surface area contributed by atoms with Gasteiger partial charge in [0.1, 0.15) is 5.82 Å². The maximum atomic E-state index is 10.8. The highest BCUT2D eigenvalue weighted by molar-refractivity contribution is 5.59. The van der Waals surface area contributed by atoms with Crippen molar-refractivity contribution in [3.8, 4) is 0 Å². The molecule has 0 spiro atoms. The highest BCUT2D eigenvalue weighted by atomic mass is 16.1. The van der Waals surface area contributed by atoms with Crippen LogP contribution in [0, 0.1) is 6.92 Å². The fourth-order valence-corrected chi connectivity index (χ4v) is 1.26. The molecule has 1 aromatic heterocycles. The third-order valence-corrected chi connectivity index (χ3v) is 2.01. The van der Waals surface area contributed by atoms with Crippen LogP contribution in [0.2, 0.25) is 0 Å². The fourth-order valence-electron chi connectivity index (χ4n) is 1.26. The Labute approximate surface area is 81.0 Å². The Morgan fingerprint density at radius 1 is 1.21 bits per heavy atom. The quantitative estimate of drug-likeness (QED) is 0.674. The van der Waals surface area contributed by atoms with E-state index in [0.717, 1.165) is 11.3 Å². The number of aryl methyl sites for hydroxylation is 1. The van der Waals surface area contributed by atoms with Crippen LogP contribution in [0.1, 0.15) is 5.56 Å². The first-order chi connectivity index (χ1) is 6.75. The lowest BCUT2D eigenvalue weighted by Crippen LogP contribution is -1.94. The lowest BCUT2D eigenvalue weighted by atomic mass is 10.2. The van der Waals surface area contributed by atoms with Crippen LogP contribution >= 0.6 is 0 Å². The van der Waals surface area contributed by atoms with Gasteiger partial charge in [0.25, 0.3) is 5.56 Å². The van der Waals surface area contributed by atoms with Gasteiger partial charge in [-0.2, -0.15) is 0 Å². The van der Waals surface area contributed by atoms with Crippen molar-refractivity contribution in [1.29, 1.82) is 0 Å². The molecule has 0 amide bonds. The first-order valence-corrected chi connectivity index (χ1v) is 4.36. The van der Waals surface area contributed by atoms with E-state index in [9.17, 15) is 4.79 Å². The van der Waals surface area contributed by atoms with Gasteiger partial charge in [-0.1, -0.05) is 18.2 Å². The summed E-state index contributed by atoms with van der Waals surface area (Å²) in [4.78, 5) is 10.8. The number of H-pyrrole nitrogens is 2. The summed E-state index contributed by atoms with van der Waals surface area (Å²) in [6.45, 7) is 2.01. The lowest BCUT2D eigenvalue weighted by Gasteiger charge is -2.05. The molecule has 0 aliphatic rings. The van der Waals surface area contributed by atoms with Gasteiger partial charge >= 0.3 is 0 Å². The summed E-state index contributed by atoms with van der Waals surface area (Å²) in [6.07, 6.45) is 0. The minimum absolute atomic E-state index is 0.138. The molecule has 0 saturated heterocycles. The number of hydrogen-bond acceptors (Lipinski definition) is 2. The lowest BCUT2D eigenvalue weighted by molar-refractivity contribution is 1.06. The zero-order chi connectivity index (χ0) is 9.97. The third-order valence-electron chi connectivity index (χ3n) is 2.01. The Morgan fingerprint density at radius 2 is 2.00 bits per heavy atom. The summed E-state index contributed by atoms with van der Waals surface area (Å²) in [5, 5.41) is 8.30. The van der Waals surface area contributed by atoms with E-state index in [-0.39, 0.29) is 5.56 Å². The molecule has 0 radical (unpaired) electrons. The van der Waals surface area contributed by atoms with Crippen LogP contribution in [0.25, 0.3) is 0 Å². The van der Waals surface area contributed by atoms with E-state index in [4.69, 9.17) is 0 Å². The molecule has 72 valence electrons. The number of para-hydroxylation sites is 1. The van der Waals surface area contributed by atoms with Crippen molar-refractivity contribution >= 4 is 11.5 Å². The second-order valence-electron chi connectivity index (χ2n) is 3.11. The largest absolute Gasteiger partial charge is 0.340 e. The summed E-state index contributed by atoms with van der Waals surface area (Å²) < 4.78 is 0. The van der Waals surface area contributed by atoms with E-state index in [1.807, 2.05) is 31.2 Å². The molecule has 4 nitrogen and oxygen atoms in total. The average Bonchev–Trinajstić information content (AvgIpc) is 2.56. The number of nitrogens with one attached hydrogen (secondary N) is 3. The summed E-state index contributed by atoms with van der Waals surface area (Å²) in [5.74, 6) is 0.671. The second kappa shape index (κ2) is 3.41. The van der Waals surface area contributed by atoms with Crippen molar-refractivity contribution in [2.45, 2.75) is 6.92 Å². The highest BCUT2D eigenvalue weighted by Gasteiger charge is 1.98. The van der Waals surface area contributed by atoms with E-state index in [2.05, 4.69) is 15.5 Å². The molecular formula is C10H11N3O. The molecule has 2 rings (SSSR count). The maximum Gasteiger partial charge on any atom is 0.266 e. The Hall–Kier alpha value is -1.97. The topological polar surface area (TPSA) is 60.7 Å². The summed E-state index contributed by atoms with van der Waals surface area (Å²) in [6, 6.07) is 9.36. The molecule has 0 saturated carbocycles. The van der Waals surface area contributed by atoms with Crippen molar-refractivity contribution in [1.82, 2.24) is 10.2 Å². The number of aromatic nitrogens is 2. The highest BCUT2D eigenvalue weighted by Crippen LogP contribution is 2.16. The zero-order valence-corrected chi connectivity index (χ0v) is 7.79. The van der Waals surface area contributed by atoms with Crippen molar-refractivity contribution in [3.63, 3.8) is 0 Å². The molecular weight excluding hydrogens is 178 g/mol. The number of rotatable bonds is 2. The van der Waals surface area contributed by atoms with E-state index >= 15 is 0 Å². The second-order valence-corrected chi connectivity index (χ2v) is 3.11. The molecule has 0 bridgehead atoms. The molecule has 3 N–H and O–H groups in total. The number of anilines is 2.